The maximum atomic E-state index is 11.8. The molecule has 1 unspecified atom stereocenters. The molecule has 0 fully saturated rings. The molecule has 0 bridgehead atoms. The molecule has 0 spiro atoms. The van der Waals surface area contributed by atoms with Crippen LogP contribution in [0.4, 0.5) is 0 Å². The van der Waals surface area contributed by atoms with E-state index in [0.29, 0.717) is 3.97 Å². The summed E-state index contributed by atoms with van der Waals surface area (Å²) >= 11 is -2.22. The zero-order valence-electron chi connectivity index (χ0n) is 6.86. The van der Waals surface area contributed by atoms with Crippen molar-refractivity contribution in [2.24, 2.45) is 0 Å². The van der Waals surface area contributed by atoms with Crippen molar-refractivity contribution >= 4 is 29.2 Å². The summed E-state index contributed by atoms with van der Waals surface area (Å²) in [6, 6.07) is 7.99. The van der Waals surface area contributed by atoms with Crippen LogP contribution in [-0.2, 0) is 3.10 Å². The van der Waals surface area contributed by atoms with E-state index in [4.69, 9.17) is 0 Å². The second-order valence-corrected chi connectivity index (χ2v) is 7.97. The number of benzene rings is 1. The number of hydrogen-bond donors (Lipinski definition) is 0. The Morgan fingerprint density at radius 2 is 2.08 bits per heavy atom. The van der Waals surface area contributed by atoms with Crippen molar-refractivity contribution in [3.05, 3.63) is 35.9 Å². The minimum atomic E-state index is -2.22. The van der Waals surface area contributed by atoms with Crippen LogP contribution in [0.2, 0.25) is 3.97 Å². The third kappa shape index (κ3) is 1.26. The van der Waals surface area contributed by atoms with Crippen LogP contribution in [0.1, 0.15) is 12.5 Å². The van der Waals surface area contributed by atoms with Crippen LogP contribution in [0.5, 0.6) is 0 Å². The maximum absolute atomic E-state index is 11.8. The molecule has 12 heavy (non-hydrogen) atoms. The molecule has 1 nitrogen and oxygen atoms in total. The van der Waals surface area contributed by atoms with Crippen LogP contribution in [0.15, 0.2) is 30.3 Å². The molecule has 1 aromatic rings. The van der Waals surface area contributed by atoms with Crippen molar-refractivity contribution in [3.8, 4) is 0 Å². The Morgan fingerprint density at radius 1 is 1.33 bits per heavy atom. The van der Waals surface area contributed by atoms with Gasteiger partial charge in [-0.3, -0.25) is 0 Å². The fraction of sp³-hybridized carbons (Fsp3) is 0.200. The van der Waals surface area contributed by atoms with Gasteiger partial charge in [0.05, 0.1) is 0 Å². The van der Waals surface area contributed by atoms with Crippen molar-refractivity contribution in [3.63, 3.8) is 0 Å². The predicted octanol–water partition coefficient (Wildman–Crippen LogP) is 1.73. The average Bonchev–Trinajstić information content (AvgIpc) is 2.12. The van der Waals surface area contributed by atoms with Gasteiger partial charge in [-0.2, -0.15) is 0 Å². The van der Waals surface area contributed by atoms with Crippen LogP contribution in [0, 0.1) is 0 Å². The second-order valence-electron chi connectivity index (χ2n) is 2.90. The Hall–Kier alpha value is -0.450. The van der Waals surface area contributed by atoms with E-state index in [2.05, 4.69) is 12.2 Å². The van der Waals surface area contributed by atoms with Crippen molar-refractivity contribution in [1.82, 2.24) is 0 Å². The molecule has 0 radical (unpaired) electrons. The van der Waals surface area contributed by atoms with Crippen molar-refractivity contribution in [2.75, 3.05) is 0 Å². The summed E-state index contributed by atoms with van der Waals surface area (Å²) in [5.74, 6) is 0. The van der Waals surface area contributed by atoms with E-state index in [-0.39, 0.29) is 0 Å². The zero-order chi connectivity index (χ0) is 8.55. The van der Waals surface area contributed by atoms with Gasteiger partial charge in [0.1, 0.15) is 0 Å². The van der Waals surface area contributed by atoms with Gasteiger partial charge in [-0.25, -0.2) is 0 Å². The van der Waals surface area contributed by atoms with E-state index >= 15 is 0 Å². The molecule has 62 valence electrons. The van der Waals surface area contributed by atoms with E-state index in [1.165, 1.54) is 0 Å². The SMILES string of the molecule is CC1C=Cc2ccccc2[Te]1=O. The van der Waals surface area contributed by atoms with Gasteiger partial charge >= 0.3 is 79.1 Å². The van der Waals surface area contributed by atoms with Crippen molar-refractivity contribution < 1.29 is 3.10 Å². The minimum absolute atomic E-state index is 0.295. The number of rotatable bonds is 0. The summed E-state index contributed by atoms with van der Waals surface area (Å²) in [4.78, 5) is 0. The Bertz CT molecular complexity index is 355. The molecule has 1 aliphatic rings. The van der Waals surface area contributed by atoms with Gasteiger partial charge in [0.25, 0.3) is 0 Å². The fourth-order valence-electron chi connectivity index (χ4n) is 1.31. The molecule has 1 aromatic carbocycles. The first-order chi connectivity index (χ1) is 5.79. The molecular weight excluding hydrogens is 264 g/mol. The first-order valence-electron chi connectivity index (χ1n) is 3.97. The molecule has 1 heterocycles. The normalized spacial score (nSPS) is 22.2. The summed E-state index contributed by atoms with van der Waals surface area (Å²) in [5, 5.41) is 0. The number of allylic oxidation sites excluding steroid dienone is 1. The van der Waals surface area contributed by atoms with Gasteiger partial charge in [0, 0.05) is 0 Å². The first-order valence-corrected chi connectivity index (χ1v) is 7.43. The third-order valence-corrected chi connectivity index (χ3v) is 6.69. The van der Waals surface area contributed by atoms with Crippen molar-refractivity contribution in [2.45, 2.75) is 10.9 Å². The van der Waals surface area contributed by atoms with Gasteiger partial charge in [0.2, 0.25) is 0 Å². The van der Waals surface area contributed by atoms with E-state index in [9.17, 15) is 3.10 Å². The topological polar surface area (TPSA) is 17.1 Å². The average molecular weight is 274 g/mol. The molecule has 1 aliphatic heterocycles. The zero-order valence-corrected chi connectivity index (χ0v) is 9.19. The Balaban J connectivity index is 2.59. The molecular formula is C10H10OTe. The Kier molecular flexibility index (Phi) is 2.12. The van der Waals surface area contributed by atoms with Crippen LogP contribution in [0.3, 0.4) is 0 Å². The number of fused-ring (bicyclic) bond motifs is 1. The Labute approximate surface area is 79.1 Å². The summed E-state index contributed by atoms with van der Waals surface area (Å²) in [6.45, 7) is 2.04. The second kappa shape index (κ2) is 3.12. The van der Waals surface area contributed by atoms with E-state index in [0.717, 1.165) is 9.17 Å². The Morgan fingerprint density at radius 3 is 2.92 bits per heavy atom. The van der Waals surface area contributed by atoms with Gasteiger partial charge in [-0.15, -0.1) is 0 Å². The summed E-state index contributed by atoms with van der Waals surface area (Å²) in [6.07, 6.45) is 4.14. The third-order valence-electron chi connectivity index (χ3n) is 2.02. The van der Waals surface area contributed by atoms with Crippen LogP contribution < -0.4 is 3.61 Å². The van der Waals surface area contributed by atoms with Crippen LogP contribution in [0.25, 0.3) is 6.08 Å². The van der Waals surface area contributed by atoms with Gasteiger partial charge in [-0.05, 0) is 0 Å². The molecule has 0 N–H and O–H groups in total. The summed E-state index contributed by atoms with van der Waals surface area (Å²) in [7, 11) is 0. The molecule has 2 heteroatoms. The monoisotopic (exact) mass is 276 g/mol. The summed E-state index contributed by atoms with van der Waals surface area (Å²) in [5.41, 5.74) is 1.15. The van der Waals surface area contributed by atoms with Crippen LogP contribution >= 0.6 is 0 Å². The van der Waals surface area contributed by atoms with Crippen LogP contribution in [-0.4, -0.2) is 19.5 Å². The van der Waals surface area contributed by atoms with Gasteiger partial charge in [0.15, 0.2) is 0 Å². The summed E-state index contributed by atoms with van der Waals surface area (Å²) < 4.78 is 13.2. The van der Waals surface area contributed by atoms with E-state index < -0.39 is 19.5 Å². The fourth-order valence-corrected chi connectivity index (χ4v) is 4.75. The van der Waals surface area contributed by atoms with E-state index in [1.54, 1.807) is 0 Å². The van der Waals surface area contributed by atoms with Gasteiger partial charge in [-0.1, -0.05) is 0 Å². The molecule has 0 aliphatic carbocycles. The molecule has 2 rings (SSSR count). The van der Waals surface area contributed by atoms with Gasteiger partial charge < -0.3 is 0 Å². The molecule has 0 aromatic heterocycles. The predicted molar refractivity (Wildman–Crippen MR) is 51.0 cm³/mol. The molecule has 0 amide bonds. The molecule has 0 saturated carbocycles. The van der Waals surface area contributed by atoms with Crippen molar-refractivity contribution in [1.29, 1.82) is 0 Å². The van der Waals surface area contributed by atoms with E-state index in [1.807, 2.05) is 31.2 Å². The standard InChI is InChI=1S/C10H10OTe/c1-8-6-7-9-4-2-3-5-10(9)12(8)11/h2-8H,1H3. The molecule has 1 atom stereocenters. The quantitative estimate of drug-likeness (QED) is 0.658. The first kappa shape index (κ1) is 8.16. The molecule has 0 saturated heterocycles. The number of hydrogen-bond acceptors (Lipinski definition) is 1.